The van der Waals surface area contributed by atoms with Crippen LogP contribution in [0.2, 0.25) is 0 Å². The molecule has 0 unspecified atom stereocenters. The predicted octanol–water partition coefficient (Wildman–Crippen LogP) is 4.17. The third kappa shape index (κ3) is 7.33. The van der Waals surface area contributed by atoms with Gasteiger partial charge in [0.2, 0.25) is 0 Å². The fourth-order valence-corrected chi connectivity index (χ4v) is 4.54. The molecule has 1 aromatic carbocycles. The molecular weight excluding hydrogens is 470 g/mol. The molecule has 0 saturated carbocycles. The fraction of sp³-hybridized carbons (Fsp3) is 0.519. The number of nitrogens with zero attached hydrogens (tertiary/aromatic N) is 5. The molecule has 37 heavy (non-hydrogen) atoms. The molecule has 1 fully saturated rings. The van der Waals surface area contributed by atoms with Gasteiger partial charge in [-0.3, -0.25) is 0 Å². The molecule has 1 aliphatic rings. The molecule has 10 nitrogen and oxygen atoms in total. The predicted molar refractivity (Wildman–Crippen MR) is 149 cm³/mol. The number of aliphatic carboxylic acids is 1. The van der Waals surface area contributed by atoms with Gasteiger partial charge in [-0.15, -0.1) is 0 Å². The van der Waals surface area contributed by atoms with Gasteiger partial charge in [0.1, 0.15) is 23.5 Å². The molecule has 0 bridgehead atoms. The van der Waals surface area contributed by atoms with E-state index in [2.05, 4.69) is 56.0 Å². The maximum absolute atomic E-state index is 11.2. The van der Waals surface area contributed by atoms with Crippen molar-refractivity contribution in [3.63, 3.8) is 0 Å². The van der Waals surface area contributed by atoms with E-state index in [-0.39, 0.29) is 7.43 Å². The first-order chi connectivity index (χ1) is 17.4. The maximum Gasteiger partial charge on any atom is 0.341 e. The van der Waals surface area contributed by atoms with Crippen LogP contribution in [0.25, 0.3) is 11.0 Å². The Morgan fingerprint density at radius 3 is 2.73 bits per heavy atom. The summed E-state index contributed by atoms with van der Waals surface area (Å²) in [5.74, 6) is 0.243. The summed E-state index contributed by atoms with van der Waals surface area (Å²) in [6.07, 6.45) is 7.14. The Bertz CT molecular complexity index is 1160. The molecule has 10 heteroatoms. The zero-order valence-corrected chi connectivity index (χ0v) is 21.5. The second-order valence-corrected chi connectivity index (χ2v) is 9.48. The normalized spacial score (nSPS) is 14.1. The number of carboxylic acids is 1. The Balaban J connectivity index is 0.00000380. The number of H-pyrrole nitrogens is 1. The van der Waals surface area contributed by atoms with Crippen LogP contribution < -0.4 is 15.0 Å². The van der Waals surface area contributed by atoms with E-state index in [1.165, 1.54) is 25.6 Å². The number of unbranched alkanes of at least 4 members (excludes halogenated alkanes) is 2. The SMILES string of the molecule is C.CCCCCN(C)Cc1c[nH]c2ncnc(Nc3ccc(N4CCN(C)CC4)c(OCC(=O)O)c3)c12. The number of fused-ring (bicyclic) bond motifs is 1. The number of hydrogen-bond donors (Lipinski definition) is 3. The summed E-state index contributed by atoms with van der Waals surface area (Å²) < 4.78 is 5.71. The number of anilines is 3. The van der Waals surface area contributed by atoms with Crippen LogP contribution in [0.3, 0.4) is 0 Å². The highest BCUT2D eigenvalue weighted by molar-refractivity contribution is 5.92. The van der Waals surface area contributed by atoms with E-state index in [0.29, 0.717) is 11.6 Å². The van der Waals surface area contributed by atoms with Gasteiger partial charge in [-0.25, -0.2) is 14.8 Å². The number of carbonyl (C=O) groups is 1. The highest BCUT2D eigenvalue weighted by Crippen LogP contribution is 2.34. The van der Waals surface area contributed by atoms with Gasteiger partial charge < -0.3 is 34.8 Å². The molecule has 202 valence electrons. The molecule has 3 heterocycles. The van der Waals surface area contributed by atoms with Crippen molar-refractivity contribution in [1.82, 2.24) is 24.8 Å². The van der Waals surface area contributed by atoms with E-state index in [4.69, 9.17) is 4.74 Å². The molecule has 0 spiro atoms. The first kappa shape index (κ1) is 28.2. The number of piperazine rings is 1. The first-order valence-electron chi connectivity index (χ1n) is 12.6. The minimum atomic E-state index is -1.00. The van der Waals surface area contributed by atoms with Gasteiger partial charge in [0.25, 0.3) is 0 Å². The summed E-state index contributed by atoms with van der Waals surface area (Å²) in [6, 6.07) is 5.83. The molecule has 3 N–H and O–H groups in total. The van der Waals surface area contributed by atoms with E-state index in [0.717, 1.165) is 67.2 Å². The standard InChI is InChI=1S/C26H37N7O3.CH4/c1-4-5-6-9-32(3)16-19-15-27-25-24(19)26(29-18-28-25)30-20-7-8-21(22(14-20)36-17-23(34)35)33-12-10-31(2)11-13-33;/h7-8,14-15,18H,4-6,9-13,16-17H2,1-3H3,(H,34,35)(H2,27,28,29,30);1H4. The zero-order chi connectivity index (χ0) is 25.5. The Morgan fingerprint density at radius 1 is 1.22 bits per heavy atom. The lowest BCUT2D eigenvalue weighted by Crippen LogP contribution is -2.44. The number of rotatable bonds is 12. The van der Waals surface area contributed by atoms with Crippen molar-refractivity contribution in [2.24, 2.45) is 0 Å². The van der Waals surface area contributed by atoms with Crippen LogP contribution in [0.4, 0.5) is 17.2 Å². The number of carboxylic acid groups (broad SMARTS) is 1. The zero-order valence-electron chi connectivity index (χ0n) is 21.5. The minimum absolute atomic E-state index is 0. The summed E-state index contributed by atoms with van der Waals surface area (Å²) in [5.41, 5.74) is 3.58. The van der Waals surface area contributed by atoms with Gasteiger partial charge in [-0.05, 0) is 44.8 Å². The molecule has 0 atom stereocenters. The number of likely N-dealkylation sites (N-methyl/N-ethyl adjacent to an activating group) is 1. The van der Waals surface area contributed by atoms with Crippen molar-refractivity contribution in [2.75, 3.05) is 63.6 Å². The van der Waals surface area contributed by atoms with Crippen molar-refractivity contribution in [2.45, 2.75) is 40.2 Å². The van der Waals surface area contributed by atoms with E-state index in [9.17, 15) is 9.90 Å². The monoisotopic (exact) mass is 511 g/mol. The average molecular weight is 512 g/mol. The molecule has 0 radical (unpaired) electrons. The summed E-state index contributed by atoms with van der Waals surface area (Å²) in [7, 11) is 4.24. The van der Waals surface area contributed by atoms with Crippen molar-refractivity contribution in [3.8, 4) is 5.75 Å². The lowest BCUT2D eigenvalue weighted by atomic mass is 10.2. The highest BCUT2D eigenvalue weighted by Gasteiger charge is 2.20. The van der Waals surface area contributed by atoms with Gasteiger partial charge in [0.05, 0.1) is 11.1 Å². The third-order valence-electron chi connectivity index (χ3n) is 6.55. The maximum atomic E-state index is 11.2. The highest BCUT2D eigenvalue weighted by atomic mass is 16.5. The van der Waals surface area contributed by atoms with E-state index in [1.54, 1.807) is 0 Å². The Kier molecular flexibility index (Phi) is 10.1. The van der Waals surface area contributed by atoms with Crippen LogP contribution in [0.15, 0.2) is 30.7 Å². The van der Waals surface area contributed by atoms with E-state index in [1.807, 2.05) is 24.4 Å². The lowest BCUT2D eigenvalue weighted by Gasteiger charge is -2.35. The van der Waals surface area contributed by atoms with Crippen LogP contribution >= 0.6 is 0 Å². The second kappa shape index (κ2) is 13.3. The van der Waals surface area contributed by atoms with Crippen molar-refractivity contribution in [3.05, 3.63) is 36.3 Å². The van der Waals surface area contributed by atoms with Crippen molar-refractivity contribution in [1.29, 1.82) is 0 Å². The number of benzene rings is 1. The largest absolute Gasteiger partial charge is 0.480 e. The van der Waals surface area contributed by atoms with E-state index < -0.39 is 12.6 Å². The topological polar surface area (TPSA) is 110 Å². The van der Waals surface area contributed by atoms with Crippen LogP contribution in [-0.4, -0.2) is 89.3 Å². The molecule has 0 amide bonds. The molecule has 2 aromatic heterocycles. The molecule has 4 rings (SSSR count). The van der Waals surface area contributed by atoms with Crippen LogP contribution in [0.5, 0.6) is 5.75 Å². The van der Waals surface area contributed by atoms with Gasteiger partial charge in [0, 0.05) is 50.7 Å². The summed E-state index contributed by atoms with van der Waals surface area (Å²) in [5, 5.41) is 13.6. The number of aromatic nitrogens is 3. The number of aromatic amines is 1. The molecule has 0 aliphatic carbocycles. The summed E-state index contributed by atoms with van der Waals surface area (Å²) >= 11 is 0. The number of hydrogen-bond acceptors (Lipinski definition) is 8. The fourth-order valence-electron chi connectivity index (χ4n) is 4.54. The Hall–Kier alpha value is -3.37. The quantitative estimate of drug-likeness (QED) is 0.309. The van der Waals surface area contributed by atoms with Crippen LogP contribution in [-0.2, 0) is 11.3 Å². The summed E-state index contributed by atoms with van der Waals surface area (Å²) in [4.78, 5) is 30.3. The second-order valence-electron chi connectivity index (χ2n) is 9.48. The average Bonchev–Trinajstić information content (AvgIpc) is 3.27. The molecule has 1 aliphatic heterocycles. The van der Waals surface area contributed by atoms with Crippen molar-refractivity contribution < 1.29 is 14.6 Å². The lowest BCUT2D eigenvalue weighted by molar-refractivity contribution is -0.139. The van der Waals surface area contributed by atoms with Gasteiger partial charge in [-0.1, -0.05) is 27.2 Å². The van der Waals surface area contributed by atoms with Gasteiger partial charge in [0.15, 0.2) is 6.61 Å². The Morgan fingerprint density at radius 2 is 2.00 bits per heavy atom. The summed E-state index contributed by atoms with van der Waals surface area (Å²) in [6.45, 7) is 7.26. The number of ether oxygens (including phenoxy) is 1. The smallest absolute Gasteiger partial charge is 0.341 e. The number of nitrogens with one attached hydrogen (secondary N) is 2. The third-order valence-corrected chi connectivity index (χ3v) is 6.55. The molecular formula is C27H41N7O3. The van der Waals surface area contributed by atoms with E-state index >= 15 is 0 Å². The Labute approximate surface area is 219 Å². The first-order valence-corrected chi connectivity index (χ1v) is 12.6. The van der Waals surface area contributed by atoms with Crippen LogP contribution in [0.1, 0.15) is 39.2 Å². The van der Waals surface area contributed by atoms with Crippen LogP contribution in [0, 0.1) is 0 Å². The molecule has 1 saturated heterocycles. The molecule has 3 aromatic rings. The minimum Gasteiger partial charge on any atom is -0.480 e. The van der Waals surface area contributed by atoms with Crippen molar-refractivity contribution >= 4 is 34.2 Å². The van der Waals surface area contributed by atoms with Gasteiger partial charge >= 0.3 is 5.97 Å². The van der Waals surface area contributed by atoms with Gasteiger partial charge in [-0.2, -0.15) is 0 Å².